The highest BCUT2D eigenvalue weighted by Gasteiger charge is 2.27. The summed E-state index contributed by atoms with van der Waals surface area (Å²) in [4.78, 5) is 23.1. The van der Waals surface area contributed by atoms with E-state index in [2.05, 4.69) is 5.32 Å². The van der Waals surface area contributed by atoms with Crippen LogP contribution >= 0.6 is 0 Å². The third kappa shape index (κ3) is 3.97. The zero-order valence-corrected chi connectivity index (χ0v) is 15.9. The number of carbonyl (C=O) groups excluding carboxylic acids is 1. The fourth-order valence-electron chi connectivity index (χ4n) is 3.00. The van der Waals surface area contributed by atoms with E-state index < -0.39 is 20.9 Å². The molecule has 1 saturated heterocycles. The molecule has 9 nitrogen and oxygen atoms in total. The Morgan fingerprint density at radius 1 is 1.18 bits per heavy atom. The van der Waals surface area contributed by atoms with Crippen molar-refractivity contribution in [1.29, 1.82) is 0 Å². The van der Waals surface area contributed by atoms with Crippen LogP contribution in [-0.4, -0.2) is 43.8 Å². The molecule has 0 unspecified atom stereocenters. The zero-order chi connectivity index (χ0) is 20.3. The van der Waals surface area contributed by atoms with Gasteiger partial charge in [-0.25, -0.2) is 8.42 Å². The molecule has 0 atom stereocenters. The fourth-order valence-corrected chi connectivity index (χ4v) is 4.56. The van der Waals surface area contributed by atoms with Crippen molar-refractivity contribution in [3.8, 4) is 5.75 Å². The number of amides is 1. The number of nitrogens with one attached hydrogen (secondary N) is 1. The Labute approximate surface area is 162 Å². The molecule has 1 aliphatic heterocycles. The number of rotatable bonds is 6. The Morgan fingerprint density at radius 2 is 1.89 bits per heavy atom. The highest BCUT2D eigenvalue weighted by molar-refractivity contribution is 7.89. The molecule has 3 rings (SSSR count). The molecule has 1 fully saturated rings. The lowest BCUT2D eigenvalue weighted by Gasteiger charge is -2.16. The lowest BCUT2D eigenvalue weighted by molar-refractivity contribution is -0.384. The fraction of sp³-hybridized carbons (Fsp3) is 0.278. The average Bonchev–Trinajstić information content (AvgIpc) is 3.23. The van der Waals surface area contributed by atoms with E-state index in [0.29, 0.717) is 13.1 Å². The molecular formula is C18H19N3O6S. The van der Waals surface area contributed by atoms with E-state index in [9.17, 15) is 23.3 Å². The van der Waals surface area contributed by atoms with Gasteiger partial charge in [0.2, 0.25) is 10.0 Å². The second-order valence-corrected chi connectivity index (χ2v) is 8.17. The molecule has 10 heteroatoms. The molecule has 1 aliphatic rings. The minimum absolute atomic E-state index is 0.0236. The van der Waals surface area contributed by atoms with Gasteiger partial charge < -0.3 is 10.1 Å². The van der Waals surface area contributed by atoms with E-state index in [1.54, 1.807) is 6.07 Å². The van der Waals surface area contributed by atoms with Crippen LogP contribution in [0.2, 0.25) is 0 Å². The summed E-state index contributed by atoms with van der Waals surface area (Å²) in [5, 5.41) is 13.6. The summed E-state index contributed by atoms with van der Waals surface area (Å²) in [5.74, 6) is -0.472. The van der Waals surface area contributed by atoms with Crippen LogP contribution in [0.4, 0.5) is 11.4 Å². The van der Waals surface area contributed by atoms with Crippen molar-refractivity contribution in [2.24, 2.45) is 0 Å². The van der Waals surface area contributed by atoms with E-state index in [4.69, 9.17) is 4.74 Å². The van der Waals surface area contributed by atoms with Gasteiger partial charge in [-0.15, -0.1) is 0 Å². The number of nitro benzene ring substituents is 1. The van der Waals surface area contributed by atoms with Gasteiger partial charge in [-0.3, -0.25) is 14.9 Å². The summed E-state index contributed by atoms with van der Waals surface area (Å²) in [5.41, 5.74) is -0.0142. The molecule has 1 heterocycles. The van der Waals surface area contributed by atoms with Gasteiger partial charge in [0.05, 0.1) is 22.5 Å². The lowest BCUT2D eigenvalue weighted by atomic mass is 10.1. The second-order valence-electron chi connectivity index (χ2n) is 6.23. The number of carbonyl (C=O) groups is 1. The SMILES string of the molecule is COc1ccc([N+](=O)[O-])cc1C(=O)Nc1cccc(S(=O)(=O)N2CCCC2)c1. The van der Waals surface area contributed by atoms with Crippen molar-refractivity contribution < 1.29 is 22.9 Å². The van der Waals surface area contributed by atoms with Crippen LogP contribution in [0.1, 0.15) is 23.2 Å². The van der Waals surface area contributed by atoms with Crippen molar-refractivity contribution >= 4 is 27.3 Å². The summed E-state index contributed by atoms with van der Waals surface area (Å²) in [6.07, 6.45) is 1.64. The zero-order valence-electron chi connectivity index (χ0n) is 15.1. The second kappa shape index (κ2) is 7.95. The van der Waals surface area contributed by atoms with E-state index in [0.717, 1.165) is 18.9 Å². The smallest absolute Gasteiger partial charge is 0.270 e. The number of ether oxygens (including phenoxy) is 1. The number of methoxy groups -OCH3 is 1. The standard InChI is InChI=1S/C18H19N3O6S/c1-27-17-8-7-14(21(23)24)12-16(17)18(22)19-13-5-4-6-15(11-13)28(25,26)20-9-2-3-10-20/h4-8,11-12H,2-3,9-10H2,1H3,(H,19,22). The number of sulfonamides is 1. The Morgan fingerprint density at radius 3 is 2.54 bits per heavy atom. The monoisotopic (exact) mass is 405 g/mol. The molecule has 2 aromatic rings. The first-order valence-electron chi connectivity index (χ1n) is 8.57. The van der Waals surface area contributed by atoms with Gasteiger partial charge in [-0.2, -0.15) is 4.31 Å². The Hall–Kier alpha value is -2.98. The lowest BCUT2D eigenvalue weighted by Crippen LogP contribution is -2.27. The van der Waals surface area contributed by atoms with Crippen molar-refractivity contribution in [3.63, 3.8) is 0 Å². The molecule has 2 aromatic carbocycles. The molecule has 148 valence electrons. The predicted molar refractivity (Wildman–Crippen MR) is 102 cm³/mol. The summed E-state index contributed by atoms with van der Waals surface area (Å²) in [6, 6.07) is 9.60. The van der Waals surface area contributed by atoms with Crippen LogP contribution in [0.3, 0.4) is 0 Å². The third-order valence-corrected chi connectivity index (χ3v) is 6.33. The molecule has 0 saturated carbocycles. The van der Waals surface area contributed by atoms with Crippen LogP contribution in [0, 0.1) is 10.1 Å². The molecule has 1 amide bonds. The quantitative estimate of drug-likeness (QED) is 0.583. The van der Waals surface area contributed by atoms with Crippen LogP contribution < -0.4 is 10.1 Å². The summed E-state index contributed by atoms with van der Waals surface area (Å²) >= 11 is 0. The number of nitrogens with zero attached hydrogens (tertiary/aromatic N) is 2. The van der Waals surface area contributed by atoms with E-state index in [-0.39, 0.29) is 27.6 Å². The van der Waals surface area contributed by atoms with Gasteiger partial charge in [-0.1, -0.05) is 6.07 Å². The Balaban J connectivity index is 1.87. The van der Waals surface area contributed by atoms with Crippen LogP contribution in [0.25, 0.3) is 0 Å². The number of benzene rings is 2. The highest BCUT2D eigenvalue weighted by atomic mass is 32.2. The van der Waals surface area contributed by atoms with E-state index in [1.165, 1.54) is 41.7 Å². The molecule has 0 spiro atoms. The first-order chi connectivity index (χ1) is 13.3. The van der Waals surface area contributed by atoms with Gasteiger partial charge in [-0.05, 0) is 37.1 Å². The topological polar surface area (TPSA) is 119 Å². The van der Waals surface area contributed by atoms with Crippen molar-refractivity contribution in [3.05, 3.63) is 58.1 Å². The summed E-state index contributed by atoms with van der Waals surface area (Å²) in [6.45, 7) is 0.952. The highest BCUT2D eigenvalue weighted by Crippen LogP contribution is 2.26. The maximum absolute atomic E-state index is 12.7. The molecule has 0 aromatic heterocycles. The molecule has 0 bridgehead atoms. The number of non-ortho nitro benzene ring substituents is 1. The first-order valence-corrected chi connectivity index (χ1v) is 10.0. The minimum Gasteiger partial charge on any atom is -0.496 e. The maximum Gasteiger partial charge on any atom is 0.270 e. The van der Waals surface area contributed by atoms with Crippen molar-refractivity contribution in [2.45, 2.75) is 17.7 Å². The van der Waals surface area contributed by atoms with Gasteiger partial charge in [0.15, 0.2) is 0 Å². The minimum atomic E-state index is -3.62. The third-order valence-electron chi connectivity index (χ3n) is 4.43. The molecular weight excluding hydrogens is 386 g/mol. The van der Waals surface area contributed by atoms with Crippen LogP contribution in [0.15, 0.2) is 47.4 Å². The van der Waals surface area contributed by atoms with Crippen LogP contribution in [0.5, 0.6) is 5.75 Å². The van der Waals surface area contributed by atoms with E-state index >= 15 is 0 Å². The Bertz CT molecular complexity index is 1020. The van der Waals surface area contributed by atoms with Gasteiger partial charge in [0.25, 0.3) is 11.6 Å². The molecule has 28 heavy (non-hydrogen) atoms. The summed E-state index contributed by atoms with van der Waals surface area (Å²) < 4.78 is 31.9. The number of hydrogen-bond donors (Lipinski definition) is 1. The maximum atomic E-state index is 12.7. The van der Waals surface area contributed by atoms with Crippen LogP contribution in [-0.2, 0) is 10.0 Å². The van der Waals surface area contributed by atoms with E-state index in [1.807, 2.05) is 0 Å². The van der Waals surface area contributed by atoms with Crippen molar-refractivity contribution in [2.75, 3.05) is 25.5 Å². The molecule has 1 N–H and O–H groups in total. The summed E-state index contributed by atoms with van der Waals surface area (Å²) in [7, 11) is -2.28. The molecule has 0 radical (unpaired) electrons. The average molecular weight is 405 g/mol. The van der Waals surface area contributed by atoms with Gasteiger partial charge >= 0.3 is 0 Å². The molecule has 0 aliphatic carbocycles. The number of anilines is 1. The normalized spacial score (nSPS) is 14.6. The van der Waals surface area contributed by atoms with Crippen molar-refractivity contribution in [1.82, 2.24) is 4.31 Å². The van der Waals surface area contributed by atoms with Gasteiger partial charge in [0.1, 0.15) is 5.75 Å². The Kier molecular flexibility index (Phi) is 5.61. The number of hydrogen-bond acceptors (Lipinski definition) is 6. The van der Waals surface area contributed by atoms with Gasteiger partial charge in [0, 0.05) is 30.9 Å². The first kappa shape index (κ1) is 19.8. The number of nitro groups is 1. The largest absolute Gasteiger partial charge is 0.496 e. The predicted octanol–water partition coefficient (Wildman–Crippen LogP) is 2.64.